The molecule has 0 radical (unpaired) electrons. The van der Waals surface area contributed by atoms with Crippen LogP contribution < -0.4 is 20.4 Å². The van der Waals surface area contributed by atoms with Crippen molar-refractivity contribution in [3.8, 4) is 0 Å². The molecule has 1 aliphatic heterocycles. The summed E-state index contributed by atoms with van der Waals surface area (Å²) in [5.41, 5.74) is 6.82. The van der Waals surface area contributed by atoms with E-state index in [1.807, 2.05) is 18.2 Å². The summed E-state index contributed by atoms with van der Waals surface area (Å²) in [5, 5.41) is 6.05. The number of nitrogens with zero attached hydrogens (tertiary/aromatic N) is 2. The van der Waals surface area contributed by atoms with Crippen LogP contribution in [0.4, 0.5) is 17.1 Å². The molecule has 7 nitrogen and oxygen atoms in total. The molecule has 1 atom stereocenters. The fourth-order valence-electron chi connectivity index (χ4n) is 5.45. The lowest BCUT2D eigenvalue weighted by molar-refractivity contribution is 0.0949. The molecule has 5 rings (SSSR count). The van der Waals surface area contributed by atoms with Gasteiger partial charge in [0.1, 0.15) is 0 Å². The summed E-state index contributed by atoms with van der Waals surface area (Å²) in [7, 11) is 0. The van der Waals surface area contributed by atoms with E-state index in [-0.39, 0.29) is 17.6 Å². The highest BCUT2D eigenvalue weighted by molar-refractivity contribution is 6.05. The van der Waals surface area contributed by atoms with Gasteiger partial charge in [-0.15, -0.1) is 0 Å². The van der Waals surface area contributed by atoms with Gasteiger partial charge in [0, 0.05) is 44.0 Å². The van der Waals surface area contributed by atoms with Crippen LogP contribution in [0.1, 0.15) is 57.9 Å². The summed E-state index contributed by atoms with van der Waals surface area (Å²) in [6.07, 6.45) is 3.64. The summed E-state index contributed by atoms with van der Waals surface area (Å²) in [4.78, 5) is 30.9. The summed E-state index contributed by atoms with van der Waals surface area (Å²) in [5.74, 6) is 0.299. The zero-order chi connectivity index (χ0) is 29.5. The molecule has 0 saturated carbocycles. The van der Waals surface area contributed by atoms with E-state index in [0.29, 0.717) is 23.7 Å². The number of furan rings is 1. The van der Waals surface area contributed by atoms with Crippen molar-refractivity contribution in [3.63, 3.8) is 0 Å². The molecule has 1 aliphatic rings. The number of piperazine rings is 1. The second kappa shape index (κ2) is 13.4. The van der Waals surface area contributed by atoms with Crippen molar-refractivity contribution >= 4 is 28.9 Å². The standard InChI is InChI=1S/C35H40N4O3/c1-4-25(2)21-27-10-7-11-28(22-27)24-36-34(40)29-14-15-32(30(23-29)37-35(41)33-13-8-20-42-33)39-18-16-38(17-19-39)31-12-6-5-9-26(31)3/h5-15,20,22-23,25H,4,16-19,21,24H2,1-3H3,(H,36,40)(H,37,41). The Hall–Kier alpha value is -4.52. The minimum Gasteiger partial charge on any atom is -0.459 e. The largest absolute Gasteiger partial charge is 0.459 e. The number of nitrogens with one attached hydrogen (secondary N) is 2. The molecule has 218 valence electrons. The Labute approximate surface area is 248 Å². The molecule has 1 saturated heterocycles. The number of carbonyl (C=O) groups is 2. The third-order valence-electron chi connectivity index (χ3n) is 8.05. The first-order chi connectivity index (χ1) is 20.4. The lowest BCUT2D eigenvalue weighted by atomic mass is 9.97. The Morgan fingerprint density at radius 1 is 0.833 bits per heavy atom. The Bertz CT molecular complexity index is 1510. The van der Waals surface area contributed by atoms with Crippen LogP contribution in [0, 0.1) is 12.8 Å². The number of hydrogen-bond donors (Lipinski definition) is 2. The predicted molar refractivity (Wildman–Crippen MR) is 169 cm³/mol. The molecule has 1 aromatic heterocycles. The average Bonchev–Trinajstić information content (AvgIpc) is 3.56. The topological polar surface area (TPSA) is 77.8 Å². The van der Waals surface area contributed by atoms with E-state index < -0.39 is 0 Å². The van der Waals surface area contributed by atoms with Crippen LogP contribution in [0.15, 0.2) is 89.5 Å². The van der Waals surface area contributed by atoms with Crippen molar-refractivity contribution in [3.05, 3.63) is 113 Å². The van der Waals surface area contributed by atoms with Crippen LogP contribution in [-0.4, -0.2) is 38.0 Å². The third kappa shape index (κ3) is 7.03. The molecule has 0 spiro atoms. The van der Waals surface area contributed by atoms with Gasteiger partial charge in [-0.2, -0.15) is 0 Å². The van der Waals surface area contributed by atoms with Crippen LogP contribution in [-0.2, 0) is 13.0 Å². The van der Waals surface area contributed by atoms with Gasteiger partial charge >= 0.3 is 0 Å². The maximum atomic E-state index is 13.3. The highest BCUT2D eigenvalue weighted by atomic mass is 16.3. The van der Waals surface area contributed by atoms with Gasteiger partial charge in [0.05, 0.1) is 17.6 Å². The monoisotopic (exact) mass is 564 g/mol. The molecule has 2 N–H and O–H groups in total. The summed E-state index contributed by atoms with van der Waals surface area (Å²) in [6, 6.07) is 25.7. The smallest absolute Gasteiger partial charge is 0.291 e. The Kier molecular flexibility index (Phi) is 9.27. The Morgan fingerprint density at radius 2 is 1.57 bits per heavy atom. The Balaban J connectivity index is 1.31. The van der Waals surface area contributed by atoms with Crippen LogP contribution in [0.2, 0.25) is 0 Å². The van der Waals surface area contributed by atoms with Gasteiger partial charge in [-0.3, -0.25) is 9.59 Å². The van der Waals surface area contributed by atoms with E-state index in [9.17, 15) is 9.59 Å². The molecule has 7 heteroatoms. The van der Waals surface area contributed by atoms with E-state index >= 15 is 0 Å². The molecule has 3 aromatic carbocycles. The van der Waals surface area contributed by atoms with Gasteiger partial charge in [-0.25, -0.2) is 0 Å². The molecule has 1 fully saturated rings. The van der Waals surface area contributed by atoms with E-state index in [2.05, 4.69) is 83.7 Å². The van der Waals surface area contributed by atoms with Gasteiger partial charge in [0.25, 0.3) is 11.8 Å². The zero-order valence-electron chi connectivity index (χ0n) is 24.7. The highest BCUT2D eigenvalue weighted by Crippen LogP contribution is 2.30. The molecule has 4 aromatic rings. The van der Waals surface area contributed by atoms with Crippen LogP contribution in [0.25, 0.3) is 0 Å². The SMILES string of the molecule is CCC(C)Cc1cccc(CNC(=O)c2ccc(N3CCN(c4ccccc4C)CC3)c(NC(=O)c3ccco3)c2)c1. The zero-order valence-corrected chi connectivity index (χ0v) is 24.7. The molecular formula is C35H40N4O3. The first-order valence-electron chi connectivity index (χ1n) is 14.8. The van der Waals surface area contributed by atoms with Crippen LogP contribution in [0.5, 0.6) is 0 Å². The minimum absolute atomic E-state index is 0.188. The fraction of sp³-hybridized carbons (Fsp3) is 0.314. The van der Waals surface area contributed by atoms with Crippen molar-refractivity contribution < 1.29 is 14.0 Å². The number of amides is 2. The quantitative estimate of drug-likeness (QED) is 0.225. The summed E-state index contributed by atoms with van der Waals surface area (Å²) in [6.45, 7) is 10.3. The van der Waals surface area contributed by atoms with Crippen LogP contribution in [0.3, 0.4) is 0 Å². The van der Waals surface area contributed by atoms with Gasteiger partial charge < -0.3 is 24.9 Å². The van der Waals surface area contributed by atoms with Crippen molar-refractivity contribution in [1.82, 2.24) is 5.32 Å². The molecule has 0 aliphatic carbocycles. The molecule has 42 heavy (non-hydrogen) atoms. The van der Waals surface area contributed by atoms with Crippen molar-refractivity contribution in [2.24, 2.45) is 5.92 Å². The number of carbonyl (C=O) groups excluding carboxylic acids is 2. The van der Waals surface area contributed by atoms with E-state index in [0.717, 1.165) is 50.3 Å². The predicted octanol–water partition coefficient (Wildman–Crippen LogP) is 6.69. The second-order valence-electron chi connectivity index (χ2n) is 11.1. The van der Waals surface area contributed by atoms with Crippen molar-refractivity contribution in [2.45, 2.75) is 40.2 Å². The number of para-hydroxylation sites is 1. The highest BCUT2D eigenvalue weighted by Gasteiger charge is 2.23. The lowest BCUT2D eigenvalue weighted by Crippen LogP contribution is -2.47. The first-order valence-corrected chi connectivity index (χ1v) is 14.8. The summed E-state index contributed by atoms with van der Waals surface area (Å²) < 4.78 is 5.32. The van der Waals surface area contributed by atoms with Crippen molar-refractivity contribution in [1.29, 1.82) is 0 Å². The molecule has 1 unspecified atom stereocenters. The van der Waals surface area contributed by atoms with Gasteiger partial charge in [-0.05, 0) is 72.4 Å². The van der Waals surface area contributed by atoms with Gasteiger partial charge in [-0.1, -0.05) is 62.7 Å². The van der Waals surface area contributed by atoms with Crippen LogP contribution >= 0.6 is 0 Å². The second-order valence-corrected chi connectivity index (χ2v) is 11.1. The summed E-state index contributed by atoms with van der Waals surface area (Å²) >= 11 is 0. The minimum atomic E-state index is -0.351. The number of hydrogen-bond acceptors (Lipinski definition) is 5. The molecule has 2 amide bonds. The number of anilines is 3. The Morgan fingerprint density at radius 3 is 2.29 bits per heavy atom. The number of rotatable bonds is 10. The molecule has 2 heterocycles. The number of aryl methyl sites for hydroxylation is 1. The normalized spacial score (nSPS) is 14.0. The van der Waals surface area contributed by atoms with E-state index in [1.165, 1.54) is 23.1 Å². The maximum absolute atomic E-state index is 13.3. The van der Waals surface area contributed by atoms with Gasteiger partial charge in [0.15, 0.2) is 5.76 Å². The van der Waals surface area contributed by atoms with Crippen molar-refractivity contribution in [2.75, 3.05) is 41.3 Å². The average molecular weight is 565 g/mol. The fourth-order valence-corrected chi connectivity index (χ4v) is 5.45. The van der Waals surface area contributed by atoms with E-state index in [1.54, 1.807) is 18.2 Å². The molecular weight excluding hydrogens is 524 g/mol. The third-order valence-corrected chi connectivity index (χ3v) is 8.05. The number of benzene rings is 3. The van der Waals surface area contributed by atoms with Gasteiger partial charge in [0.2, 0.25) is 0 Å². The maximum Gasteiger partial charge on any atom is 0.291 e. The van der Waals surface area contributed by atoms with E-state index in [4.69, 9.17) is 4.42 Å². The molecule has 0 bridgehead atoms. The lowest BCUT2D eigenvalue weighted by Gasteiger charge is -2.38. The first kappa shape index (κ1) is 29.0.